The van der Waals surface area contributed by atoms with Crippen LogP contribution in [0.15, 0.2) is 65.6 Å². The van der Waals surface area contributed by atoms with Crippen LogP contribution in [0.3, 0.4) is 0 Å². The molecule has 0 atom stereocenters. The third-order valence-electron chi connectivity index (χ3n) is 4.33. The van der Waals surface area contributed by atoms with Crippen molar-refractivity contribution in [3.63, 3.8) is 0 Å². The fourth-order valence-electron chi connectivity index (χ4n) is 2.95. The maximum Gasteiger partial charge on any atom is 0.261 e. The van der Waals surface area contributed by atoms with Crippen LogP contribution in [0.4, 0.5) is 11.4 Å². The SMILES string of the molecule is CCOc1ccc(S(=O)(=O)Nc2ccc3c(c2)C(=O)Nc2cc(Cl)ccc2O3)cc1. The zero-order chi connectivity index (χ0) is 21.3. The summed E-state index contributed by atoms with van der Waals surface area (Å²) < 4.78 is 39.0. The molecule has 9 heteroatoms. The summed E-state index contributed by atoms with van der Waals surface area (Å²) in [5.41, 5.74) is 0.847. The van der Waals surface area contributed by atoms with Crippen LogP contribution in [-0.4, -0.2) is 20.9 Å². The van der Waals surface area contributed by atoms with Gasteiger partial charge in [-0.1, -0.05) is 11.6 Å². The molecule has 0 spiro atoms. The van der Waals surface area contributed by atoms with E-state index in [9.17, 15) is 13.2 Å². The topological polar surface area (TPSA) is 93.7 Å². The summed E-state index contributed by atoms with van der Waals surface area (Å²) >= 11 is 5.98. The lowest BCUT2D eigenvalue weighted by molar-refractivity contribution is 0.102. The molecule has 1 aliphatic rings. The molecule has 0 aromatic heterocycles. The van der Waals surface area contributed by atoms with E-state index in [1.54, 1.807) is 30.3 Å². The first-order valence-corrected chi connectivity index (χ1v) is 10.9. The molecule has 0 unspecified atom stereocenters. The number of sulfonamides is 1. The quantitative estimate of drug-likeness (QED) is 0.583. The number of fused-ring (bicyclic) bond motifs is 2. The highest BCUT2D eigenvalue weighted by molar-refractivity contribution is 7.92. The first-order valence-electron chi connectivity index (χ1n) is 9.04. The second-order valence-corrected chi connectivity index (χ2v) is 8.54. The molecule has 30 heavy (non-hydrogen) atoms. The van der Waals surface area contributed by atoms with E-state index in [2.05, 4.69) is 10.0 Å². The number of carbonyl (C=O) groups is 1. The monoisotopic (exact) mass is 444 g/mol. The molecular weight excluding hydrogens is 428 g/mol. The molecule has 1 heterocycles. The molecule has 0 bridgehead atoms. The van der Waals surface area contributed by atoms with Gasteiger partial charge in [-0.15, -0.1) is 0 Å². The van der Waals surface area contributed by atoms with Crippen molar-refractivity contribution in [2.24, 2.45) is 0 Å². The number of hydrogen-bond acceptors (Lipinski definition) is 5. The number of carbonyl (C=O) groups excluding carboxylic acids is 1. The Balaban J connectivity index is 1.61. The van der Waals surface area contributed by atoms with E-state index in [-0.39, 0.29) is 16.1 Å². The van der Waals surface area contributed by atoms with E-state index >= 15 is 0 Å². The summed E-state index contributed by atoms with van der Waals surface area (Å²) in [4.78, 5) is 12.7. The standard InChI is InChI=1S/C21H17ClN2O5S/c1-2-28-15-5-7-16(8-6-15)30(26,27)24-14-4-10-19-17(12-14)21(25)23-18-11-13(22)3-9-20(18)29-19/h3-12,24H,2H2,1H3,(H,23,25). The minimum atomic E-state index is -3.85. The number of benzene rings is 3. The summed E-state index contributed by atoms with van der Waals surface area (Å²) in [5, 5.41) is 3.17. The van der Waals surface area contributed by atoms with Crippen LogP contribution in [0, 0.1) is 0 Å². The van der Waals surface area contributed by atoms with E-state index in [1.165, 1.54) is 30.3 Å². The first kappa shape index (κ1) is 20.1. The highest BCUT2D eigenvalue weighted by atomic mass is 35.5. The Morgan fingerprint density at radius 2 is 1.77 bits per heavy atom. The number of rotatable bonds is 5. The van der Waals surface area contributed by atoms with Crippen molar-refractivity contribution in [1.29, 1.82) is 0 Å². The highest BCUT2D eigenvalue weighted by Gasteiger charge is 2.23. The molecule has 4 rings (SSSR count). The maximum atomic E-state index is 12.7. The van der Waals surface area contributed by atoms with Crippen LogP contribution in [-0.2, 0) is 10.0 Å². The van der Waals surface area contributed by atoms with Gasteiger partial charge in [0, 0.05) is 10.7 Å². The highest BCUT2D eigenvalue weighted by Crippen LogP contribution is 2.38. The minimum absolute atomic E-state index is 0.0728. The van der Waals surface area contributed by atoms with Crippen molar-refractivity contribution in [3.8, 4) is 17.2 Å². The normalized spacial score (nSPS) is 12.7. The molecule has 1 aliphatic heterocycles. The van der Waals surface area contributed by atoms with Gasteiger partial charge in [-0.05, 0) is 67.6 Å². The smallest absolute Gasteiger partial charge is 0.261 e. The summed E-state index contributed by atoms with van der Waals surface area (Å²) in [6, 6.07) is 15.4. The van der Waals surface area contributed by atoms with Gasteiger partial charge in [0.2, 0.25) is 0 Å². The van der Waals surface area contributed by atoms with E-state index < -0.39 is 15.9 Å². The Morgan fingerprint density at radius 3 is 2.50 bits per heavy atom. The van der Waals surface area contributed by atoms with Crippen LogP contribution in [0.2, 0.25) is 5.02 Å². The molecule has 0 fully saturated rings. The second kappa shape index (κ2) is 7.89. The Labute approximate surface area is 178 Å². The van der Waals surface area contributed by atoms with Gasteiger partial charge in [0.05, 0.1) is 22.8 Å². The molecule has 1 amide bonds. The average molecular weight is 445 g/mol. The molecule has 0 saturated carbocycles. The van der Waals surface area contributed by atoms with E-state index in [4.69, 9.17) is 21.1 Å². The van der Waals surface area contributed by atoms with Gasteiger partial charge in [0.1, 0.15) is 11.5 Å². The Bertz CT molecular complexity index is 1230. The molecule has 3 aromatic carbocycles. The summed E-state index contributed by atoms with van der Waals surface area (Å²) in [6.45, 7) is 2.33. The molecule has 3 aromatic rings. The maximum absolute atomic E-state index is 12.7. The van der Waals surface area contributed by atoms with Crippen molar-refractivity contribution in [2.75, 3.05) is 16.6 Å². The predicted molar refractivity (Wildman–Crippen MR) is 114 cm³/mol. The van der Waals surface area contributed by atoms with E-state index in [0.717, 1.165) is 0 Å². The summed E-state index contributed by atoms with van der Waals surface area (Å²) in [6.07, 6.45) is 0. The number of ether oxygens (including phenoxy) is 2. The third-order valence-corrected chi connectivity index (χ3v) is 5.96. The van der Waals surface area contributed by atoms with Crippen LogP contribution in [0.5, 0.6) is 17.2 Å². The third kappa shape index (κ3) is 4.05. The van der Waals surface area contributed by atoms with E-state index in [1.807, 2.05) is 6.92 Å². The van der Waals surface area contributed by atoms with Crippen LogP contribution in [0.25, 0.3) is 0 Å². The molecule has 7 nitrogen and oxygen atoms in total. The number of nitrogens with one attached hydrogen (secondary N) is 2. The van der Waals surface area contributed by atoms with Crippen molar-refractivity contribution in [3.05, 3.63) is 71.2 Å². The second-order valence-electron chi connectivity index (χ2n) is 6.42. The van der Waals surface area contributed by atoms with Crippen molar-refractivity contribution in [1.82, 2.24) is 0 Å². The number of hydrogen-bond donors (Lipinski definition) is 2. The molecule has 0 radical (unpaired) electrons. The molecule has 0 aliphatic carbocycles. The number of anilines is 2. The Hall–Kier alpha value is -3.23. The molecular formula is C21H17ClN2O5S. The zero-order valence-electron chi connectivity index (χ0n) is 15.8. The van der Waals surface area contributed by atoms with Gasteiger partial charge in [0.25, 0.3) is 15.9 Å². The van der Waals surface area contributed by atoms with Gasteiger partial charge in [-0.3, -0.25) is 9.52 Å². The molecule has 154 valence electrons. The van der Waals surface area contributed by atoms with Gasteiger partial charge in [0.15, 0.2) is 5.75 Å². The number of halogens is 1. The summed E-state index contributed by atoms with van der Waals surface area (Å²) in [5.74, 6) is 0.884. The lowest BCUT2D eigenvalue weighted by atomic mass is 10.1. The fraction of sp³-hybridized carbons (Fsp3) is 0.0952. The lowest BCUT2D eigenvalue weighted by Gasteiger charge is -2.12. The van der Waals surface area contributed by atoms with Gasteiger partial charge >= 0.3 is 0 Å². The summed E-state index contributed by atoms with van der Waals surface area (Å²) in [7, 11) is -3.85. The van der Waals surface area contributed by atoms with Crippen LogP contribution in [0.1, 0.15) is 17.3 Å². The fourth-order valence-corrected chi connectivity index (χ4v) is 4.17. The zero-order valence-corrected chi connectivity index (χ0v) is 17.4. The first-order chi connectivity index (χ1) is 14.4. The van der Waals surface area contributed by atoms with Gasteiger partial charge in [-0.2, -0.15) is 0 Å². The largest absolute Gasteiger partial charge is 0.494 e. The van der Waals surface area contributed by atoms with Crippen LogP contribution < -0.4 is 19.5 Å². The average Bonchev–Trinajstić information content (AvgIpc) is 2.84. The molecule has 2 N–H and O–H groups in total. The van der Waals surface area contributed by atoms with Gasteiger partial charge in [-0.25, -0.2) is 8.42 Å². The van der Waals surface area contributed by atoms with Gasteiger partial charge < -0.3 is 14.8 Å². The minimum Gasteiger partial charge on any atom is -0.494 e. The molecule has 0 saturated heterocycles. The lowest BCUT2D eigenvalue weighted by Crippen LogP contribution is -2.14. The number of amides is 1. The van der Waals surface area contributed by atoms with Crippen molar-refractivity contribution in [2.45, 2.75) is 11.8 Å². The Kier molecular flexibility index (Phi) is 5.27. The van der Waals surface area contributed by atoms with Crippen molar-refractivity contribution >= 4 is 38.9 Å². The predicted octanol–water partition coefficient (Wildman–Crippen LogP) is 4.90. The van der Waals surface area contributed by atoms with E-state index in [0.29, 0.717) is 34.6 Å². The Morgan fingerprint density at radius 1 is 1.03 bits per heavy atom. The van der Waals surface area contributed by atoms with Crippen LogP contribution >= 0.6 is 11.6 Å². The van der Waals surface area contributed by atoms with Crippen molar-refractivity contribution < 1.29 is 22.7 Å².